The fraction of sp³-hybridized carbons (Fsp3) is 0.320. The topological polar surface area (TPSA) is 63.4 Å². The molecule has 0 bridgehead atoms. The summed E-state index contributed by atoms with van der Waals surface area (Å²) in [6, 6.07) is 13.6. The summed E-state index contributed by atoms with van der Waals surface area (Å²) < 4.78 is 11.0. The van der Waals surface area contributed by atoms with Crippen LogP contribution in [0.2, 0.25) is 5.02 Å². The van der Waals surface area contributed by atoms with Gasteiger partial charge in [0, 0.05) is 36.5 Å². The van der Waals surface area contributed by atoms with Crippen LogP contribution in [0.3, 0.4) is 0 Å². The average Bonchev–Trinajstić information content (AvgIpc) is 3.27. The minimum Gasteiger partial charge on any atom is -0.385 e. The lowest BCUT2D eigenvalue weighted by Crippen LogP contribution is -2.46. The van der Waals surface area contributed by atoms with E-state index in [4.69, 9.17) is 38.1 Å². The maximum absolute atomic E-state index is 6.16. The predicted molar refractivity (Wildman–Crippen MR) is 135 cm³/mol. The van der Waals surface area contributed by atoms with Crippen LogP contribution in [0.25, 0.3) is 17.0 Å². The van der Waals surface area contributed by atoms with E-state index in [9.17, 15) is 0 Å². The van der Waals surface area contributed by atoms with E-state index in [0.717, 1.165) is 35.4 Å². The Hall–Kier alpha value is -2.74. The zero-order valence-electron chi connectivity index (χ0n) is 19.2. The Morgan fingerprint density at radius 3 is 2.70 bits per heavy atom. The number of nitrogens with one attached hydrogen (secondary N) is 1. The van der Waals surface area contributed by atoms with Crippen molar-refractivity contribution in [1.82, 2.24) is 20.4 Å². The average molecular weight is 483 g/mol. The van der Waals surface area contributed by atoms with Gasteiger partial charge in [0.1, 0.15) is 0 Å². The number of allylic oxidation sites excluding steroid dienone is 1. The van der Waals surface area contributed by atoms with Gasteiger partial charge in [-0.3, -0.25) is 0 Å². The van der Waals surface area contributed by atoms with Gasteiger partial charge >= 0.3 is 0 Å². The number of hydrogen-bond acceptors (Lipinski definition) is 5. The first-order chi connectivity index (χ1) is 15.9. The molecule has 4 rings (SSSR count). The molecule has 1 atom stereocenters. The molecule has 0 amide bonds. The van der Waals surface area contributed by atoms with Crippen LogP contribution in [-0.2, 0) is 4.74 Å². The van der Waals surface area contributed by atoms with E-state index in [0.29, 0.717) is 28.5 Å². The molecular weight excluding hydrogens is 456 g/mol. The summed E-state index contributed by atoms with van der Waals surface area (Å²) in [4.78, 5) is 6.81. The van der Waals surface area contributed by atoms with Crippen molar-refractivity contribution >= 4 is 34.5 Å². The van der Waals surface area contributed by atoms with Crippen LogP contribution in [0.4, 0.5) is 0 Å². The van der Waals surface area contributed by atoms with Gasteiger partial charge < -0.3 is 19.5 Å². The molecule has 1 aliphatic heterocycles. The Morgan fingerprint density at radius 1 is 1.15 bits per heavy atom. The van der Waals surface area contributed by atoms with E-state index >= 15 is 0 Å². The van der Waals surface area contributed by atoms with Crippen molar-refractivity contribution in [3.8, 4) is 11.4 Å². The van der Waals surface area contributed by atoms with Gasteiger partial charge in [-0.15, -0.1) is 0 Å². The minimum absolute atomic E-state index is 0.205. The van der Waals surface area contributed by atoms with E-state index in [1.165, 1.54) is 11.1 Å². The minimum atomic E-state index is -0.205. The number of nitrogens with zero attached hydrogens (tertiary/aromatic N) is 3. The van der Waals surface area contributed by atoms with Crippen molar-refractivity contribution in [2.24, 2.45) is 0 Å². The van der Waals surface area contributed by atoms with Gasteiger partial charge in [-0.1, -0.05) is 47.1 Å². The summed E-state index contributed by atoms with van der Waals surface area (Å²) in [5, 5.41) is 9.03. The molecule has 0 saturated heterocycles. The number of halogens is 1. The highest BCUT2D eigenvalue weighted by molar-refractivity contribution is 7.80. The number of methoxy groups -OCH3 is 1. The second-order valence-electron chi connectivity index (χ2n) is 8.16. The monoisotopic (exact) mass is 482 g/mol. The van der Waals surface area contributed by atoms with Gasteiger partial charge in [0.25, 0.3) is 5.89 Å². The summed E-state index contributed by atoms with van der Waals surface area (Å²) in [6.45, 7) is 7.64. The van der Waals surface area contributed by atoms with Gasteiger partial charge in [0.15, 0.2) is 5.11 Å². The zero-order chi connectivity index (χ0) is 23.5. The highest BCUT2D eigenvalue weighted by atomic mass is 35.5. The number of rotatable bonds is 7. The lowest BCUT2D eigenvalue weighted by Gasteiger charge is -2.37. The zero-order valence-corrected chi connectivity index (χ0v) is 20.8. The van der Waals surface area contributed by atoms with Gasteiger partial charge in [-0.05, 0) is 68.2 Å². The molecule has 0 spiro atoms. The van der Waals surface area contributed by atoms with Crippen molar-refractivity contribution in [2.45, 2.75) is 33.2 Å². The highest BCUT2D eigenvalue weighted by Gasteiger charge is 2.34. The van der Waals surface area contributed by atoms with Crippen LogP contribution >= 0.6 is 23.8 Å². The SMILES string of the molecule is COCCCN1C(=S)NC(c2ccc(C)c(C)c2)C(c2nc(-c3cccc(Cl)c3)no2)=C1C. The Morgan fingerprint density at radius 2 is 1.97 bits per heavy atom. The summed E-state index contributed by atoms with van der Waals surface area (Å²) in [7, 11) is 1.70. The molecule has 3 aromatic rings. The maximum atomic E-state index is 6.16. The van der Waals surface area contributed by atoms with Gasteiger partial charge in [0.2, 0.25) is 5.82 Å². The second-order valence-corrected chi connectivity index (χ2v) is 8.98. The first-order valence-electron chi connectivity index (χ1n) is 10.8. The smallest absolute Gasteiger partial charge is 0.258 e. The molecule has 1 aliphatic rings. The van der Waals surface area contributed by atoms with Gasteiger partial charge in [0.05, 0.1) is 11.6 Å². The summed E-state index contributed by atoms with van der Waals surface area (Å²) in [6.07, 6.45) is 0.842. The van der Waals surface area contributed by atoms with Crippen molar-refractivity contribution in [1.29, 1.82) is 0 Å². The van der Waals surface area contributed by atoms with Crippen LogP contribution in [0, 0.1) is 13.8 Å². The lowest BCUT2D eigenvalue weighted by atomic mass is 9.92. The molecule has 0 saturated carbocycles. The van der Waals surface area contributed by atoms with Crippen molar-refractivity contribution < 1.29 is 9.26 Å². The van der Waals surface area contributed by atoms with Gasteiger partial charge in [-0.2, -0.15) is 4.98 Å². The summed E-state index contributed by atoms with van der Waals surface area (Å²) >= 11 is 11.9. The van der Waals surface area contributed by atoms with E-state index in [1.54, 1.807) is 7.11 Å². The second kappa shape index (κ2) is 10.0. The maximum Gasteiger partial charge on any atom is 0.258 e. The van der Waals surface area contributed by atoms with Crippen LogP contribution in [0.5, 0.6) is 0 Å². The molecule has 8 heteroatoms. The molecule has 2 heterocycles. The predicted octanol–water partition coefficient (Wildman–Crippen LogP) is 5.71. The van der Waals surface area contributed by atoms with Crippen LogP contribution in [0.1, 0.15) is 42.0 Å². The highest BCUT2D eigenvalue weighted by Crippen LogP contribution is 2.38. The number of aryl methyl sites for hydroxylation is 2. The Labute approximate surface area is 204 Å². The van der Waals surface area contributed by atoms with Crippen molar-refractivity contribution in [2.75, 3.05) is 20.3 Å². The van der Waals surface area contributed by atoms with E-state index in [2.05, 4.69) is 47.4 Å². The molecule has 6 nitrogen and oxygen atoms in total. The van der Waals surface area contributed by atoms with Crippen molar-refractivity contribution in [3.05, 3.63) is 75.8 Å². The Kier molecular flexibility index (Phi) is 7.12. The summed E-state index contributed by atoms with van der Waals surface area (Å²) in [5.74, 6) is 0.947. The first kappa shape index (κ1) is 23.4. The molecule has 0 aliphatic carbocycles. The molecule has 1 unspecified atom stereocenters. The number of thiocarbonyl (C=S) groups is 1. The first-order valence-corrected chi connectivity index (χ1v) is 11.6. The molecular formula is C25H27ClN4O2S. The largest absolute Gasteiger partial charge is 0.385 e. The fourth-order valence-electron chi connectivity index (χ4n) is 3.97. The van der Waals surface area contributed by atoms with Gasteiger partial charge in [-0.25, -0.2) is 0 Å². The van der Waals surface area contributed by atoms with E-state index in [-0.39, 0.29) is 6.04 Å². The van der Waals surface area contributed by atoms with E-state index in [1.807, 2.05) is 31.2 Å². The third-order valence-corrected chi connectivity index (χ3v) is 6.50. The normalized spacial score (nSPS) is 16.3. The van der Waals surface area contributed by atoms with Crippen LogP contribution < -0.4 is 5.32 Å². The fourth-order valence-corrected chi connectivity index (χ4v) is 4.50. The summed E-state index contributed by atoms with van der Waals surface area (Å²) in [5.41, 5.74) is 6.24. The number of ether oxygens (including phenoxy) is 1. The number of benzene rings is 2. The third kappa shape index (κ3) is 4.95. The molecule has 0 fully saturated rings. The van der Waals surface area contributed by atoms with E-state index < -0.39 is 0 Å². The Bertz CT molecular complexity index is 1210. The quantitative estimate of drug-likeness (QED) is 0.342. The number of aromatic nitrogens is 2. The molecule has 0 radical (unpaired) electrons. The molecule has 1 aromatic heterocycles. The molecule has 2 aromatic carbocycles. The van der Waals surface area contributed by atoms with Crippen molar-refractivity contribution in [3.63, 3.8) is 0 Å². The molecule has 1 N–H and O–H groups in total. The Balaban J connectivity index is 1.79. The third-order valence-electron chi connectivity index (χ3n) is 5.93. The van der Waals surface area contributed by atoms with Crippen LogP contribution in [-0.4, -0.2) is 40.4 Å². The number of hydrogen-bond donors (Lipinski definition) is 1. The lowest BCUT2D eigenvalue weighted by molar-refractivity contribution is 0.188. The standard InChI is InChI=1S/C25H27ClN4O2S/c1-15-9-10-18(13-16(15)2)22-21(17(3)30(25(33)27-22)11-6-12-31-4)24-28-23(29-32-24)19-7-5-8-20(26)14-19/h5,7-10,13-14,22H,6,11-12H2,1-4H3,(H,27,33). The molecule has 172 valence electrons. The van der Waals surface area contributed by atoms with Crippen LogP contribution in [0.15, 0.2) is 52.7 Å². The molecule has 33 heavy (non-hydrogen) atoms.